The number of nitrogens with zero attached hydrogens (tertiary/aromatic N) is 3. The Labute approximate surface area is 125 Å². The highest BCUT2D eigenvalue weighted by Gasteiger charge is 2.57. The summed E-state index contributed by atoms with van der Waals surface area (Å²) < 4.78 is 26.6. The molecule has 0 aromatic heterocycles. The summed E-state index contributed by atoms with van der Waals surface area (Å²) in [7, 11) is 0. The molecule has 2 saturated heterocycles. The van der Waals surface area contributed by atoms with Gasteiger partial charge in [0, 0.05) is 25.6 Å². The fourth-order valence-electron chi connectivity index (χ4n) is 3.49. The summed E-state index contributed by atoms with van der Waals surface area (Å²) in [4.78, 5) is 25.0. The van der Waals surface area contributed by atoms with Gasteiger partial charge in [-0.05, 0) is 11.8 Å². The number of carboxylic acid groups (broad SMARTS) is 1. The monoisotopic (exact) mass is 314 g/mol. The Hall–Kier alpha value is -1.95. The number of alkyl halides is 2. The van der Waals surface area contributed by atoms with Crippen LogP contribution >= 0.6 is 0 Å². The average Bonchev–Trinajstić information content (AvgIpc) is 2.81. The maximum absolute atomic E-state index is 13.3. The van der Waals surface area contributed by atoms with Crippen molar-refractivity contribution >= 4 is 12.0 Å². The highest BCUT2D eigenvalue weighted by molar-refractivity contribution is 5.79. The number of nitriles is 1. The lowest BCUT2D eigenvalue weighted by Crippen LogP contribution is -2.43. The largest absolute Gasteiger partial charge is 0.465 e. The van der Waals surface area contributed by atoms with E-state index in [4.69, 9.17) is 10.4 Å². The molecule has 3 atom stereocenters. The molecule has 2 heterocycles. The Morgan fingerprint density at radius 3 is 2.55 bits per heavy atom. The number of piperidine rings is 1. The van der Waals surface area contributed by atoms with Crippen molar-refractivity contribution in [2.24, 2.45) is 11.8 Å². The van der Waals surface area contributed by atoms with Crippen LogP contribution in [0.15, 0.2) is 0 Å². The quantitative estimate of drug-likeness (QED) is 0.761. The normalized spacial score (nSPS) is 35.1. The van der Waals surface area contributed by atoms with E-state index in [-0.39, 0.29) is 24.4 Å². The van der Waals surface area contributed by atoms with Gasteiger partial charge in [-0.3, -0.25) is 4.79 Å². The molecule has 3 fully saturated rings. The molecule has 9 heteroatoms. The van der Waals surface area contributed by atoms with Crippen molar-refractivity contribution in [3.63, 3.8) is 0 Å². The van der Waals surface area contributed by atoms with E-state index in [1.54, 1.807) is 6.07 Å². The summed E-state index contributed by atoms with van der Waals surface area (Å²) in [6.45, 7) is 0.0674. The van der Waals surface area contributed by atoms with Crippen molar-refractivity contribution < 1.29 is 23.5 Å². The van der Waals surface area contributed by atoms with Crippen molar-refractivity contribution in [1.29, 1.82) is 5.26 Å². The number of amides is 2. The molecule has 3 aliphatic rings. The van der Waals surface area contributed by atoms with Crippen LogP contribution in [0.25, 0.3) is 0 Å². The van der Waals surface area contributed by atoms with Gasteiger partial charge in [0.15, 0.2) is 0 Å². The van der Waals surface area contributed by atoms with Crippen LogP contribution in [-0.4, -0.2) is 71.1 Å². The summed E-state index contributed by atoms with van der Waals surface area (Å²) in [5.74, 6) is -3.14. The number of hydrogen-bond donors (Lipinski definition) is 2. The SMILES string of the molecule is N#C[C@@H]1CC(F)(F)CN1C(=O)CNC1C2CN(C(=O)O)CC21. The van der Waals surface area contributed by atoms with Crippen LogP contribution in [0.1, 0.15) is 6.42 Å². The number of likely N-dealkylation sites (tertiary alicyclic amines) is 2. The lowest BCUT2D eigenvalue weighted by molar-refractivity contribution is -0.131. The van der Waals surface area contributed by atoms with E-state index in [0.717, 1.165) is 4.90 Å². The second-order valence-corrected chi connectivity index (χ2v) is 6.15. The molecule has 2 N–H and O–H groups in total. The van der Waals surface area contributed by atoms with Crippen LogP contribution < -0.4 is 5.32 Å². The lowest BCUT2D eigenvalue weighted by atomic mass is 10.2. The topological polar surface area (TPSA) is 96.7 Å². The third kappa shape index (κ3) is 2.59. The molecule has 7 nitrogen and oxygen atoms in total. The first kappa shape index (κ1) is 15.0. The molecule has 0 radical (unpaired) electrons. The van der Waals surface area contributed by atoms with E-state index in [1.165, 1.54) is 4.90 Å². The van der Waals surface area contributed by atoms with Crippen LogP contribution in [0, 0.1) is 23.2 Å². The van der Waals surface area contributed by atoms with Crippen LogP contribution in [0.4, 0.5) is 13.6 Å². The van der Waals surface area contributed by atoms with Crippen LogP contribution in [0.5, 0.6) is 0 Å². The Kier molecular flexibility index (Phi) is 3.44. The molecule has 2 unspecified atom stereocenters. The van der Waals surface area contributed by atoms with Gasteiger partial charge in [-0.25, -0.2) is 13.6 Å². The van der Waals surface area contributed by atoms with E-state index in [9.17, 15) is 18.4 Å². The fraction of sp³-hybridized carbons (Fsp3) is 0.769. The van der Waals surface area contributed by atoms with Gasteiger partial charge in [0.25, 0.3) is 5.92 Å². The standard InChI is InChI=1S/C13H16F2N4O3/c14-13(15)1-7(2-16)19(6-13)10(20)3-17-11-8-4-18(12(21)22)5-9(8)11/h7-9,11,17H,1,3-6H2,(H,21,22)/t7-,8?,9?,11?/m0/s1. The minimum Gasteiger partial charge on any atom is -0.465 e. The molecular weight excluding hydrogens is 298 g/mol. The molecule has 0 aromatic carbocycles. The van der Waals surface area contributed by atoms with Crippen molar-refractivity contribution in [2.45, 2.75) is 24.4 Å². The number of fused-ring (bicyclic) bond motifs is 1. The Morgan fingerprint density at radius 1 is 1.36 bits per heavy atom. The van der Waals surface area contributed by atoms with Crippen molar-refractivity contribution in [2.75, 3.05) is 26.2 Å². The predicted molar refractivity (Wildman–Crippen MR) is 69.0 cm³/mol. The molecule has 0 spiro atoms. The van der Waals surface area contributed by atoms with Gasteiger partial charge in [0.1, 0.15) is 6.04 Å². The molecule has 0 aromatic rings. The zero-order chi connectivity index (χ0) is 16.1. The summed E-state index contributed by atoms with van der Waals surface area (Å²) in [6, 6.07) is 0.718. The molecule has 2 amide bonds. The number of carbonyl (C=O) groups is 2. The van der Waals surface area contributed by atoms with E-state index < -0.39 is 36.9 Å². The first-order valence-corrected chi connectivity index (χ1v) is 7.10. The van der Waals surface area contributed by atoms with E-state index in [2.05, 4.69) is 5.32 Å². The van der Waals surface area contributed by atoms with Crippen LogP contribution in [0.3, 0.4) is 0 Å². The molecule has 120 valence electrons. The second kappa shape index (κ2) is 5.05. The maximum atomic E-state index is 13.3. The minimum atomic E-state index is -3.01. The zero-order valence-corrected chi connectivity index (χ0v) is 11.7. The minimum absolute atomic E-state index is 0.0585. The number of hydrogen-bond acceptors (Lipinski definition) is 4. The van der Waals surface area contributed by atoms with Crippen molar-refractivity contribution in [3.05, 3.63) is 0 Å². The molecule has 0 bridgehead atoms. The highest BCUT2D eigenvalue weighted by Crippen LogP contribution is 2.45. The maximum Gasteiger partial charge on any atom is 0.407 e. The van der Waals surface area contributed by atoms with Gasteiger partial charge in [0.2, 0.25) is 5.91 Å². The highest BCUT2D eigenvalue weighted by atomic mass is 19.3. The Morgan fingerprint density at radius 2 is 2.00 bits per heavy atom. The summed E-state index contributed by atoms with van der Waals surface area (Å²) in [6.07, 6.45) is -1.56. The number of rotatable bonds is 3. The van der Waals surface area contributed by atoms with E-state index in [0.29, 0.717) is 13.1 Å². The van der Waals surface area contributed by atoms with Gasteiger partial charge in [-0.2, -0.15) is 5.26 Å². The molecule has 22 heavy (non-hydrogen) atoms. The summed E-state index contributed by atoms with van der Waals surface area (Å²) in [5, 5.41) is 20.7. The molecule has 2 aliphatic heterocycles. The lowest BCUT2D eigenvalue weighted by Gasteiger charge is -2.20. The number of halogens is 2. The first-order valence-electron chi connectivity index (χ1n) is 7.10. The first-order chi connectivity index (χ1) is 10.3. The molecule has 3 rings (SSSR count). The van der Waals surface area contributed by atoms with Gasteiger partial charge < -0.3 is 20.2 Å². The van der Waals surface area contributed by atoms with Crippen molar-refractivity contribution in [1.82, 2.24) is 15.1 Å². The second-order valence-electron chi connectivity index (χ2n) is 6.15. The van der Waals surface area contributed by atoms with Crippen LogP contribution in [-0.2, 0) is 4.79 Å². The molecule has 1 saturated carbocycles. The Balaban J connectivity index is 1.47. The third-order valence-electron chi connectivity index (χ3n) is 4.69. The molecule has 1 aliphatic carbocycles. The summed E-state index contributed by atoms with van der Waals surface area (Å²) in [5.41, 5.74) is 0. The van der Waals surface area contributed by atoms with Crippen LogP contribution in [0.2, 0.25) is 0 Å². The smallest absolute Gasteiger partial charge is 0.407 e. The van der Waals surface area contributed by atoms with Gasteiger partial charge >= 0.3 is 6.09 Å². The molecular formula is C13H16F2N4O3. The number of nitrogens with one attached hydrogen (secondary N) is 1. The van der Waals surface area contributed by atoms with Crippen molar-refractivity contribution in [3.8, 4) is 6.07 Å². The van der Waals surface area contributed by atoms with Gasteiger partial charge in [-0.1, -0.05) is 0 Å². The van der Waals surface area contributed by atoms with E-state index >= 15 is 0 Å². The number of carbonyl (C=O) groups excluding carboxylic acids is 1. The average molecular weight is 314 g/mol. The predicted octanol–water partition coefficient (Wildman–Crippen LogP) is -0.0560. The van der Waals surface area contributed by atoms with E-state index in [1.807, 2.05) is 0 Å². The summed E-state index contributed by atoms with van der Waals surface area (Å²) >= 11 is 0. The fourth-order valence-corrected chi connectivity index (χ4v) is 3.49. The zero-order valence-electron chi connectivity index (χ0n) is 11.7. The third-order valence-corrected chi connectivity index (χ3v) is 4.69. The Bertz CT molecular complexity index is 538. The van der Waals surface area contributed by atoms with Gasteiger partial charge in [0.05, 0.1) is 19.2 Å². The van der Waals surface area contributed by atoms with Gasteiger partial charge in [-0.15, -0.1) is 0 Å².